The van der Waals surface area contributed by atoms with E-state index >= 15 is 4.39 Å². The van der Waals surface area contributed by atoms with Gasteiger partial charge in [0.05, 0.1) is 19.5 Å². The number of aliphatic hydroxyl groups is 2. The highest BCUT2D eigenvalue weighted by molar-refractivity contribution is 5.88. The summed E-state index contributed by atoms with van der Waals surface area (Å²) in [5, 5.41) is 22.1. The van der Waals surface area contributed by atoms with E-state index in [2.05, 4.69) is 20.3 Å². The van der Waals surface area contributed by atoms with Crippen LogP contribution in [0.25, 0.3) is 11.2 Å². The summed E-state index contributed by atoms with van der Waals surface area (Å²) in [5.41, 5.74) is -1.58. The van der Waals surface area contributed by atoms with Crippen molar-refractivity contribution in [3.05, 3.63) is 6.33 Å². The molecule has 1 amide bonds. The molecular weight excluding hydrogens is 399 g/mol. The Labute approximate surface area is 171 Å². The number of fused-ring (bicyclic) bond motifs is 1. The number of nitrogens with zero attached hydrogens (tertiary/aromatic N) is 5. The second-order valence-corrected chi connectivity index (χ2v) is 7.69. The zero-order valence-corrected chi connectivity index (χ0v) is 16.9. The standard InChI is InChI=1S/C18H25FN6O5/c1-4-29-17(28)23-16-21-13(24(3)9-5-6-9)11-14(22-16)25(8-20-11)15-18(2,19)12(27)10(7-26)30-15/h8-10,12,15,26-27H,4-7H2,1-3H3,(H,21,22,23,28)/t10-,12-,15-,18-/m1/s1. The highest BCUT2D eigenvalue weighted by Crippen LogP contribution is 2.43. The average Bonchev–Trinajstić information content (AvgIpc) is 3.43. The van der Waals surface area contributed by atoms with Crippen LogP contribution in [0.1, 0.15) is 32.9 Å². The molecule has 4 rings (SSSR count). The van der Waals surface area contributed by atoms with Crippen LogP contribution in [0.5, 0.6) is 0 Å². The van der Waals surface area contributed by atoms with Crippen LogP contribution in [0.15, 0.2) is 6.33 Å². The molecular formula is C18H25FN6O5. The predicted octanol–water partition coefficient (Wildman–Crippen LogP) is 0.972. The summed E-state index contributed by atoms with van der Waals surface area (Å²) in [5.74, 6) is 0.453. The van der Waals surface area contributed by atoms with Crippen molar-refractivity contribution in [1.29, 1.82) is 0 Å². The Morgan fingerprint density at radius 1 is 1.50 bits per heavy atom. The van der Waals surface area contributed by atoms with Crippen LogP contribution in [-0.2, 0) is 9.47 Å². The Kier molecular flexibility index (Phi) is 5.24. The van der Waals surface area contributed by atoms with Gasteiger partial charge in [0.25, 0.3) is 0 Å². The largest absolute Gasteiger partial charge is 0.450 e. The predicted molar refractivity (Wildman–Crippen MR) is 104 cm³/mol. The normalized spacial score (nSPS) is 28.7. The first kappa shape index (κ1) is 20.7. The Bertz CT molecular complexity index is 949. The number of imidazole rings is 1. The van der Waals surface area contributed by atoms with Crippen LogP contribution < -0.4 is 10.2 Å². The van der Waals surface area contributed by atoms with Gasteiger partial charge in [-0.3, -0.25) is 9.88 Å². The summed E-state index contributed by atoms with van der Waals surface area (Å²) in [6, 6.07) is 0.290. The van der Waals surface area contributed by atoms with Gasteiger partial charge in [-0.15, -0.1) is 0 Å². The van der Waals surface area contributed by atoms with Crippen LogP contribution in [0.3, 0.4) is 0 Å². The van der Waals surface area contributed by atoms with Gasteiger partial charge >= 0.3 is 6.09 Å². The molecule has 0 bridgehead atoms. The number of anilines is 2. The first-order valence-corrected chi connectivity index (χ1v) is 9.82. The minimum Gasteiger partial charge on any atom is -0.450 e. The molecule has 3 heterocycles. The summed E-state index contributed by atoms with van der Waals surface area (Å²) in [6.45, 7) is 2.51. The van der Waals surface area contributed by atoms with E-state index in [0.29, 0.717) is 17.4 Å². The van der Waals surface area contributed by atoms with Crippen molar-refractivity contribution in [2.24, 2.45) is 0 Å². The summed E-state index contributed by atoms with van der Waals surface area (Å²) >= 11 is 0. The maximum Gasteiger partial charge on any atom is 0.414 e. The van der Waals surface area contributed by atoms with Gasteiger partial charge in [-0.25, -0.2) is 14.2 Å². The molecule has 0 unspecified atom stereocenters. The molecule has 2 aliphatic rings. The van der Waals surface area contributed by atoms with Crippen molar-refractivity contribution < 1.29 is 28.9 Å². The minimum absolute atomic E-state index is 0.0250. The Morgan fingerprint density at radius 3 is 2.83 bits per heavy atom. The number of aliphatic hydroxyl groups excluding tert-OH is 2. The Balaban J connectivity index is 1.80. The molecule has 1 aliphatic heterocycles. The Hall–Kier alpha value is -2.57. The maximum absolute atomic E-state index is 15.3. The fraction of sp³-hybridized carbons (Fsp3) is 0.667. The molecule has 2 aromatic heterocycles. The number of rotatable bonds is 6. The lowest BCUT2D eigenvalue weighted by atomic mass is 9.98. The van der Waals surface area contributed by atoms with Gasteiger partial charge in [-0.2, -0.15) is 9.97 Å². The summed E-state index contributed by atoms with van der Waals surface area (Å²) in [4.78, 5) is 26.9. The van der Waals surface area contributed by atoms with Crippen LogP contribution in [0.2, 0.25) is 0 Å². The molecule has 30 heavy (non-hydrogen) atoms. The lowest BCUT2D eigenvalue weighted by Gasteiger charge is -2.25. The molecule has 1 saturated heterocycles. The molecule has 12 heteroatoms. The van der Waals surface area contributed by atoms with E-state index in [9.17, 15) is 15.0 Å². The van der Waals surface area contributed by atoms with E-state index in [1.54, 1.807) is 6.92 Å². The maximum atomic E-state index is 15.3. The average molecular weight is 424 g/mol. The van der Waals surface area contributed by atoms with Crippen molar-refractivity contribution in [3.8, 4) is 0 Å². The molecule has 0 aromatic carbocycles. The number of alkyl halides is 1. The SMILES string of the molecule is CCOC(=O)Nc1nc(N(C)C2CC2)c2ncn([C@@H]3O[C@H](CO)[C@@H](O)[C@@]3(C)F)c2n1. The minimum atomic E-state index is -2.21. The van der Waals surface area contributed by atoms with Crippen molar-refractivity contribution >= 4 is 29.0 Å². The van der Waals surface area contributed by atoms with Crippen molar-refractivity contribution in [1.82, 2.24) is 19.5 Å². The molecule has 2 aromatic rings. The number of nitrogens with one attached hydrogen (secondary N) is 1. The van der Waals surface area contributed by atoms with Crippen LogP contribution in [0, 0.1) is 0 Å². The van der Waals surface area contributed by atoms with E-state index in [0.717, 1.165) is 12.8 Å². The smallest absolute Gasteiger partial charge is 0.414 e. The number of halogens is 1. The highest BCUT2D eigenvalue weighted by Gasteiger charge is 2.55. The van der Waals surface area contributed by atoms with Gasteiger partial charge in [0.2, 0.25) is 5.95 Å². The van der Waals surface area contributed by atoms with Gasteiger partial charge in [0.1, 0.15) is 12.2 Å². The lowest BCUT2D eigenvalue weighted by molar-refractivity contribution is -0.0566. The van der Waals surface area contributed by atoms with Gasteiger partial charge in [-0.05, 0) is 26.7 Å². The van der Waals surface area contributed by atoms with E-state index in [4.69, 9.17) is 9.47 Å². The third-order valence-corrected chi connectivity index (χ3v) is 5.47. The molecule has 1 saturated carbocycles. The fourth-order valence-corrected chi connectivity index (χ4v) is 3.63. The molecule has 3 N–H and O–H groups in total. The van der Waals surface area contributed by atoms with Crippen molar-refractivity contribution in [3.63, 3.8) is 0 Å². The Morgan fingerprint density at radius 2 is 2.23 bits per heavy atom. The number of aromatic nitrogens is 4. The quantitative estimate of drug-likeness (QED) is 0.620. The highest BCUT2D eigenvalue weighted by atomic mass is 19.1. The van der Waals surface area contributed by atoms with Gasteiger partial charge < -0.3 is 24.6 Å². The lowest BCUT2D eigenvalue weighted by Crippen LogP contribution is -2.40. The third kappa shape index (κ3) is 3.44. The third-order valence-electron chi connectivity index (χ3n) is 5.47. The van der Waals surface area contributed by atoms with Crippen LogP contribution in [0.4, 0.5) is 21.0 Å². The summed E-state index contributed by atoms with van der Waals surface area (Å²) < 4.78 is 27.1. The second-order valence-electron chi connectivity index (χ2n) is 7.69. The van der Waals surface area contributed by atoms with E-state index < -0.39 is 36.8 Å². The number of hydrogen-bond acceptors (Lipinski definition) is 9. The molecule has 0 spiro atoms. The van der Waals surface area contributed by atoms with Gasteiger partial charge in [0.15, 0.2) is 28.9 Å². The number of amides is 1. The molecule has 164 valence electrons. The second kappa shape index (κ2) is 7.60. The van der Waals surface area contributed by atoms with E-state index in [1.165, 1.54) is 17.8 Å². The number of carbonyl (C=O) groups is 1. The first-order valence-electron chi connectivity index (χ1n) is 9.82. The number of carbonyl (C=O) groups excluding carboxylic acids is 1. The van der Waals surface area contributed by atoms with Crippen LogP contribution >= 0.6 is 0 Å². The molecule has 0 radical (unpaired) electrons. The van der Waals surface area contributed by atoms with Crippen molar-refractivity contribution in [2.75, 3.05) is 30.5 Å². The van der Waals surface area contributed by atoms with E-state index in [-0.39, 0.29) is 18.2 Å². The van der Waals surface area contributed by atoms with E-state index in [1.807, 2.05) is 11.9 Å². The number of hydrogen-bond donors (Lipinski definition) is 3. The molecule has 11 nitrogen and oxygen atoms in total. The van der Waals surface area contributed by atoms with Gasteiger partial charge in [-0.1, -0.05) is 0 Å². The molecule has 4 atom stereocenters. The summed E-state index contributed by atoms with van der Waals surface area (Å²) in [7, 11) is 1.86. The first-order chi connectivity index (χ1) is 14.3. The number of ether oxygens (including phenoxy) is 2. The molecule has 2 fully saturated rings. The van der Waals surface area contributed by atoms with Crippen molar-refractivity contribution in [2.45, 2.75) is 56.8 Å². The monoisotopic (exact) mass is 424 g/mol. The van der Waals surface area contributed by atoms with Gasteiger partial charge in [0, 0.05) is 13.1 Å². The fourth-order valence-electron chi connectivity index (χ4n) is 3.63. The molecule has 1 aliphatic carbocycles. The summed E-state index contributed by atoms with van der Waals surface area (Å²) in [6.07, 6.45) is -1.26. The zero-order chi connectivity index (χ0) is 21.6. The zero-order valence-electron chi connectivity index (χ0n) is 16.9. The van der Waals surface area contributed by atoms with Crippen LogP contribution in [-0.4, -0.2) is 80.0 Å². The topological polar surface area (TPSA) is 135 Å².